The van der Waals surface area contributed by atoms with Gasteiger partial charge in [-0.3, -0.25) is 19.8 Å². The average molecular weight is 296 g/mol. The second-order valence-corrected chi connectivity index (χ2v) is 6.30. The molecule has 0 bridgehead atoms. The van der Waals surface area contributed by atoms with E-state index < -0.39 is 17.4 Å². The number of amides is 4. The molecule has 118 valence electrons. The number of rotatable bonds is 6. The molecule has 0 aromatic heterocycles. The van der Waals surface area contributed by atoms with Gasteiger partial charge in [-0.25, -0.2) is 4.79 Å². The van der Waals surface area contributed by atoms with E-state index in [2.05, 4.69) is 19.2 Å². The van der Waals surface area contributed by atoms with Crippen molar-refractivity contribution < 1.29 is 19.1 Å². The maximum atomic E-state index is 12.5. The largest absolute Gasteiger partial charge is 0.380 e. The first kappa shape index (κ1) is 15.9. The number of urea groups is 1. The maximum Gasteiger partial charge on any atom is 0.330 e. The lowest BCUT2D eigenvalue weighted by atomic mass is 9.82. The topological polar surface area (TPSA) is 75.7 Å². The summed E-state index contributed by atoms with van der Waals surface area (Å²) in [4.78, 5) is 37.5. The van der Waals surface area contributed by atoms with Crippen LogP contribution in [0.4, 0.5) is 4.79 Å². The minimum atomic E-state index is -1.01. The van der Waals surface area contributed by atoms with E-state index in [1.165, 1.54) is 0 Å². The van der Waals surface area contributed by atoms with Crippen molar-refractivity contribution in [3.8, 4) is 0 Å². The molecule has 2 fully saturated rings. The third kappa shape index (κ3) is 3.26. The van der Waals surface area contributed by atoms with Gasteiger partial charge in [0.15, 0.2) is 0 Å². The van der Waals surface area contributed by atoms with Gasteiger partial charge >= 0.3 is 6.03 Å². The van der Waals surface area contributed by atoms with Crippen molar-refractivity contribution in [3.63, 3.8) is 0 Å². The van der Waals surface area contributed by atoms with Gasteiger partial charge in [0, 0.05) is 6.61 Å². The normalized spacial score (nSPS) is 21.5. The molecule has 1 spiro atoms. The summed E-state index contributed by atoms with van der Waals surface area (Å²) in [6.07, 6.45) is 3.73. The Hall–Kier alpha value is -1.43. The summed E-state index contributed by atoms with van der Waals surface area (Å²) in [5.74, 6) is -0.211. The first-order chi connectivity index (χ1) is 9.97. The SMILES string of the molecule is CC(C)CCOCCN1C(=O)NC(=O)C2(CCCC2)C1=O. The molecule has 2 rings (SSSR count). The molecule has 1 aliphatic carbocycles. The van der Waals surface area contributed by atoms with E-state index >= 15 is 0 Å². The quantitative estimate of drug-likeness (QED) is 0.598. The smallest absolute Gasteiger partial charge is 0.330 e. The van der Waals surface area contributed by atoms with Crippen molar-refractivity contribution in [3.05, 3.63) is 0 Å². The highest BCUT2D eigenvalue weighted by molar-refractivity contribution is 6.19. The Balaban J connectivity index is 1.91. The Morgan fingerprint density at radius 2 is 1.86 bits per heavy atom. The molecule has 1 N–H and O–H groups in total. The number of barbiturate groups is 1. The molecule has 21 heavy (non-hydrogen) atoms. The summed E-state index contributed by atoms with van der Waals surface area (Å²) in [6.45, 7) is 5.36. The predicted octanol–water partition coefficient (Wildman–Crippen LogP) is 1.69. The molecule has 0 radical (unpaired) electrons. The Labute approximate surface area is 125 Å². The van der Waals surface area contributed by atoms with Gasteiger partial charge in [0.25, 0.3) is 0 Å². The van der Waals surface area contributed by atoms with Crippen molar-refractivity contribution in [1.29, 1.82) is 0 Å². The first-order valence-electron chi connectivity index (χ1n) is 7.72. The molecule has 1 heterocycles. The summed E-state index contributed by atoms with van der Waals surface area (Å²) in [7, 11) is 0. The number of hydrogen-bond acceptors (Lipinski definition) is 4. The van der Waals surface area contributed by atoms with Crippen LogP contribution in [0.15, 0.2) is 0 Å². The summed E-state index contributed by atoms with van der Waals surface area (Å²) < 4.78 is 5.46. The Kier molecular flexibility index (Phi) is 4.98. The molecule has 4 amide bonds. The molecule has 1 aliphatic heterocycles. The van der Waals surface area contributed by atoms with E-state index in [1.54, 1.807) is 0 Å². The Morgan fingerprint density at radius 3 is 2.48 bits per heavy atom. The van der Waals surface area contributed by atoms with Gasteiger partial charge in [0.05, 0.1) is 13.2 Å². The number of hydrogen-bond donors (Lipinski definition) is 1. The van der Waals surface area contributed by atoms with Crippen LogP contribution in [-0.4, -0.2) is 42.5 Å². The van der Waals surface area contributed by atoms with E-state index in [1.807, 2.05) is 0 Å². The zero-order valence-electron chi connectivity index (χ0n) is 12.8. The molecule has 0 atom stereocenters. The zero-order valence-corrected chi connectivity index (χ0v) is 12.8. The minimum Gasteiger partial charge on any atom is -0.380 e. The maximum absolute atomic E-state index is 12.5. The average Bonchev–Trinajstić information content (AvgIpc) is 2.90. The van der Waals surface area contributed by atoms with Crippen LogP contribution in [0.3, 0.4) is 0 Å². The van der Waals surface area contributed by atoms with Crippen molar-refractivity contribution in [2.45, 2.75) is 46.0 Å². The first-order valence-corrected chi connectivity index (χ1v) is 7.72. The predicted molar refractivity (Wildman–Crippen MR) is 76.4 cm³/mol. The highest BCUT2D eigenvalue weighted by atomic mass is 16.5. The number of nitrogens with one attached hydrogen (secondary N) is 1. The van der Waals surface area contributed by atoms with E-state index in [0.29, 0.717) is 32.0 Å². The Bertz CT molecular complexity index is 427. The Morgan fingerprint density at radius 1 is 1.19 bits per heavy atom. The van der Waals surface area contributed by atoms with Crippen LogP contribution in [0, 0.1) is 11.3 Å². The van der Waals surface area contributed by atoms with Crippen LogP contribution >= 0.6 is 0 Å². The number of imide groups is 2. The molecular weight excluding hydrogens is 272 g/mol. The minimum absolute atomic E-state index is 0.206. The van der Waals surface area contributed by atoms with Crippen LogP contribution in [-0.2, 0) is 14.3 Å². The van der Waals surface area contributed by atoms with E-state index in [-0.39, 0.29) is 12.5 Å². The summed E-state index contributed by atoms with van der Waals surface area (Å²) in [5.41, 5.74) is -1.01. The number of ether oxygens (including phenoxy) is 1. The van der Waals surface area contributed by atoms with Gasteiger partial charge in [0.1, 0.15) is 5.41 Å². The number of nitrogens with zero attached hydrogens (tertiary/aromatic N) is 1. The monoisotopic (exact) mass is 296 g/mol. The van der Waals surface area contributed by atoms with Gasteiger partial charge < -0.3 is 4.74 Å². The van der Waals surface area contributed by atoms with Crippen molar-refractivity contribution in [2.24, 2.45) is 11.3 Å². The van der Waals surface area contributed by atoms with Crippen LogP contribution in [0.2, 0.25) is 0 Å². The molecular formula is C15H24N2O4. The third-order valence-electron chi connectivity index (χ3n) is 4.31. The van der Waals surface area contributed by atoms with E-state index in [9.17, 15) is 14.4 Å². The van der Waals surface area contributed by atoms with Crippen LogP contribution in [0.25, 0.3) is 0 Å². The lowest BCUT2D eigenvalue weighted by Crippen LogP contribution is -2.63. The number of carbonyl (C=O) groups excluding carboxylic acids is 3. The fourth-order valence-electron chi connectivity index (χ4n) is 2.93. The number of carbonyl (C=O) groups is 3. The highest BCUT2D eigenvalue weighted by Gasteiger charge is 2.54. The summed E-state index contributed by atoms with van der Waals surface area (Å²) >= 11 is 0. The van der Waals surface area contributed by atoms with Crippen molar-refractivity contribution in [1.82, 2.24) is 10.2 Å². The molecule has 0 unspecified atom stereocenters. The molecule has 1 saturated heterocycles. The molecule has 2 aliphatic rings. The van der Waals surface area contributed by atoms with Gasteiger partial charge in [-0.05, 0) is 25.2 Å². The molecule has 0 aromatic carbocycles. The fourth-order valence-corrected chi connectivity index (χ4v) is 2.93. The van der Waals surface area contributed by atoms with Gasteiger partial charge in [-0.2, -0.15) is 0 Å². The molecule has 1 saturated carbocycles. The van der Waals surface area contributed by atoms with Crippen LogP contribution in [0.1, 0.15) is 46.0 Å². The van der Waals surface area contributed by atoms with Crippen LogP contribution in [0.5, 0.6) is 0 Å². The highest BCUT2D eigenvalue weighted by Crippen LogP contribution is 2.41. The second kappa shape index (κ2) is 6.56. The summed E-state index contributed by atoms with van der Waals surface area (Å²) in [6, 6.07) is -0.616. The molecule has 0 aromatic rings. The lowest BCUT2D eigenvalue weighted by Gasteiger charge is -2.36. The summed E-state index contributed by atoms with van der Waals surface area (Å²) in [5, 5.41) is 2.32. The standard InChI is InChI=1S/C15H24N2O4/c1-11(2)5-9-21-10-8-17-13(19)15(6-3-4-7-15)12(18)16-14(17)20/h11H,3-10H2,1-2H3,(H,16,18,20). The van der Waals surface area contributed by atoms with Crippen LogP contribution < -0.4 is 5.32 Å². The van der Waals surface area contributed by atoms with E-state index in [4.69, 9.17) is 4.74 Å². The molecule has 6 nitrogen and oxygen atoms in total. The van der Waals surface area contributed by atoms with Gasteiger partial charge in [0.2, 0.25) is 11.8 Å². The zero-order chi connectivity index (χ0) is 15.5. The lowest BCUT2D eigenvalue weighted by molar-refractivity contribution is -0.151. The van der Waals surface area contributed by atoms with E-state index in [0.717, 1.165) is 24.2 Å². The van der Waals surface area contributed by atoms with Crippen molar-refractivity contribution >= 4 is 17.8 Å². The van der Waals surface area contributed by atoms with Crippen molar-refractivity contribution in [2.75, 3.05) is 19.8 Å². The van der Waals surface area contributed by atoms with Gasteiger partial charge in [-0.15, -0.1) is 0 Å². The third-order valence-corrected chi connectivity index (χ3v) is 4.31. The van der Waals surface area contributed by atoms with Gasteiger partial charge in [-0.1, -0.05) is 26.7 Å². The fraction of sp³-hybridized carbons (Fsp3) is 0.800. The molecule has 6 heteroatoms. The second-order valence-electron chi connectivity index (χ2n) is 6.30.